The number of aryl methyl sites for hydroxylation is 1. The number of amides is 1. The van der Waals surface area contributed by atoms with Crippen molar-refractivity contribution in [3.05, 3.63) is 76.3 Å². The summed E-state index contributed by atoms with van der Waals surface area (Å²) in [6.07, 6.45) is 0.463. The molecule has 0 spiro atoms. The third-order valence-corrected chi connectivity index (χ3v) is 6.63. The fourth-order valence-corrected chi connectivity index (χ4v) is 4.57. The lowest BCUT2D eigenvalue weighted by molar-refractivity contribution is -0.132. The van der Waals surface area contributed by atoms with Crippen LogP contribution in [0.1, 0.15) is 27.2 Å². The van der Waals surface area contributed by atoms with Crippen LogP contribution in [0.3, 0.4) is 0 Å². The molecule has 1 aromatic heterocycles. The van der Waals surface area contributed by atoms with Crippen LogP contribution in [0.2, 0.25) is 0 Å². The smallest absolute Gasteiger partial charge is 0.337 e. The van der Waals surface area contributed by atoms with Gasteiger partial charge in [-0.2, -0.15) is 0 Å². The van der Waals surface area contributed by atoms with Gasteiger partial charge in [-0.05, 0) is 24.6 Å². The summed E-state index contributed by atoms with van der Waals surface area (Å²) in [5.41, 5.74) is 4.82. The van der Waals surface area contributed by atoms with Crippen LogP contribution < -0.4 is 0 Å². The van der Waals surface area contributed by atoms with Gasteiger partial charge in [0.15, 0.2) is 0 Å². The Hall–Kier alpha value is -3.03. The van der Waals surface area contributed by atoms with Gasteiger partial charge in [-0.3, -0.25) is 9.69 Å². The van der Waals surface area contributed by atoms with Gasteiger partial charge in [-0.25, -0.2) is 9.78 Å². The first-order valence-corrected chi connectivity index (χ1v) is 11.6. The topological polar surface area (TPSA) is 62.7 Å². The molecule has 3 aromatic rings. The number of aromatic nitrogens is 1. The van der Waals surface area contributed by atoms with Crippen LogP contribution >= 0.6 is 11.3 Å². The second-order valence-electron chi connectivity index (χ2n) is 8.03. The van der Waals surface area contributed by atoms with E-state index in [0.717, 1.165) is 54.6 Å². The highest BCUT2D eigenvalue weighted by Gasteiger charge is 2.22. The van der Waals surface area contributed by atoms with Crippen molar-refractivity contribution in [3.8, 4) is 10.6 Å². The number of hydrogen-bond donors (Lipinski definition) is 0. The molecule has 1 aliphatic heterocycles. The summed E-state index contributed by atoms with van der Waals surface area (Å²) in [5.74, 6) is -0.146. The Morgan fingerprint density at radius 3 is 2.34 bits per heavy atom. The molecule has 0 aliphatic carbocycles. The van der Waals surface area contributed by atoms with Crippen molar-refractivity contribution in [1.29, 1.82) is 0 Å². The molecule has 6 nitrogen and oxygen atoms in total. The number of nitrogens with zero attached hydrogens (tertiary/aromatic N) is 3. The van der Waals surface area contributed by atoms with Crippen LogP contribution in [0.4, 0.5) is 0 Å². The maximum atomic E-state index is 12.6. The second-order valence-corrected chi connectivity index (χ2v) is 8.89. The average Bonchev–Trinajstić information content (AvgIpc) is 3.29. The van der Waals surface area contributed by atoms with Gasteiger partial charge < -0.3 is 9.64 Å². The molecular weight excluding hydrogens is 422 g/mol. The number of piperazine rings is 1. The molecule has 0 bridgehead atoms. The molecule has 0 N–H and O–H groups in total. The quantitative estimate of drug-likeness (QED) is 0.536. The first-order valence-electron chi connectivity index (χ1n) is 10.7. The van der Waals surface area contributed by atoms with Crippen LogP contribution in [0.5, 0.6) is 0 Å². The Labute approximate surface area is 192 Å². The number of ether oxygens (including phenoxy) is 1. The van der Waals surface area contributed by atoms with E-state index in [-0.39, 0.29) is 11.9 Å². The third kappa shape index (κ3) is 5.41. The van der Waals surface area contributed by atoms with E-state index in [2.05, 4.69) is 29.3 Å². The summed E-state index contributed by atoms with van der Waals surface area (Å²) in [6, 6.07) is 15.5. The third-order valence-electron chi connectivity index (χ3n) is 5.69. The largest absolute Gasteiger partial charge is 0.465 e. The number of esters is 1. The monoisotopic (exact) mass is 449 g/mol. The summed E-state index contributed by atoms with van der Waals surface area (Å²) in [6.45, 7) is 6.02. The molecular formula is C25H27N3O3S. The van der Waals surface area contributed by atoms with Crippen LogP contribution in [-0.4, -0.2) is 59.9 Å². The van der Waals surface area contributed by atoms with Gasteiger partial charge >= 0.3 is 5.97 Å². The first-order chi connectivity index (χ1) is 15.5. The minimum absolute atomic E-state index is 0.194. The number of methoxy groups -OCH3 is 1. The Balaban J connectivity index is 1.28. The van der Waals surface area contributed by atoms with E-state index in [1.54, 1.807) is 23.5 Å². The predicted octanol–water partition coefficient (Wildman–Crippen LogP) is 3.79. The van der Waals surface area contributed by atoms with Crippen molar-refractivity contribution < 1.29 is 14.3 Å². The highest BCUT2D eigenvalue weighted by atomic mass is 32.1. The summed E-state index contributed by atoms with van der Waals surface area (Å²) in [7, 11) is 1.38. The van der Waals surface area contributed by atoms with Gasteiger partial charge in [-0.1, -0.05) is 42.0 Å². The molecule has 0 radical (unpaired) electrons. The molecule has 0 unspecified atom stereocenters. The van der Waals surface area contributed by atoms with Gasteiger partial charge in [-0.15, -0.1) is 11.3 Å². The number of carbonyl (C=O) groups is 2. The molecule has 1 saturated heterocycles. The summed E-state index contributed by atoms with van der Waals surface area (Å²) in [4.78, 5) is 33.3. The minimum Gasteiger partial charge on any atom is -0.465 e. The number of rotatable bonds is 6. The Kier molecular flexibility index (Phi) is 6.97. The molecule has 2 aromatic carbocycles. The molecule has 1 aliphatic rings. The van der Waals surface area contributed by atoms with E-state index in [9.17, 15) is 9.59 Å². The van der Waals surface area contributed by atoms with Crippen LogP contribution in [-0.2, 0) is 22.5 Å². The molecule has 1 amide bonds. The molecule has 0 atom stereocenters. The fraction of sp³-hybridized carbons (Fsp3) is 0.320. The van der Waals surface area contributed by atoms with Gasteiger partial charge in [0.05, 0.1) is 24.8 Å². The number of carbonyl (C=O) groups excluding carboxylic acids is 2. The number of benzene rings is 2. The molecule has 166 valence electrons. The van der Waals surface area contributed by atoms with E-state index in [1.807, 2.05) is 29.2 Å². The lowest BCUT2D eigenvalue weighted by Gasteiger charge is -2.34. The summed E-state index contributed by atoms with van der Waals surface area (Å²) >= 11 is 1.60. The standard InChI is InChI=1S/C25H27N3O3S/c1-18-3-5-19(6-4-18)15-23(29)28-13-11-27(12-14-28)16-22-17-32-24(26-22)20-7-9-21(10-8-20)25(30)31-2/h3-10,17H,11-16H2,1-2H3. The van der Waals surface area contributed by atoms with Crippen molar-refractivity contribution in [2.45, 2.75) is 19.9 Å². The molecule has 2 heterocycles. The first kappa shape index (κ1) is 22.2. The van der Waals surface area contributed by atoms with Crippen LogP contribution in [0, 0.1) is 6.92 Å². The van der Waals surface area contributed by atoms with E-state index in [1.165, 1.54) is 12.7 Å². The van der Waals surface area contributed by atoms with Crippen molar-refractivity contribution in [3.63, 3.8) is 0 Å². The van der Waals surface area contributed by atoms with Crippen LogP contribution in [0.15, 0.2) is 53.9 Å². The highest BCUT2D eigenvalue weighted by molar-refractivity contribution is 7.13. The second kappa shape index (κ2) is 10.1. The Bertz CT molecular complexity index is 1070. The van der Waals surface area contributed by atoms with Crippen molar-refractivity contribution >= 4 is 23.2 Å². The van der Waals surface area contributed by atoms with Gasteiger partial charge in [0, 0.05) is 43.7 Å². The van der Waals surface area contributed by atoms with Gasteiger partial charge in [0.2, 0.25) is 5.91 Å². The van der Waals surface area contributed by atoms with E-state index < -0.39 is 0 Å². The molecule has 1 fully saturated rings. The lowest BCUT2D eigenvalue weighted by atomic mass is 10.1. The zero-order valence-electron chi connectivity index (χ0n) is 18.4. The number of thiazole rings is 1. The summed E-state index contributed by atoms with van der Waals surface area (Å²) in [5, 5.41) is 3.02. The summed E-state index contributed by atoms with van der Waals surface area (Å²) < 4.78 is 4.74. The Morgan fingerprint density at radius 1 is 1.00 bits per heavy atom. The SMILES string of the molecule is COC(=O)c1ccc(-c2nc(CN3CCN(C(=O)Cc4ccc(C)cc4)CC3)cs2)cc1. The number of hydrogen-bond acceptors (Lipinski definition) is 6. The molecule has 0 saturated carbocycles. The fourth-order valence-electron chi connectivity index (χ4n) is 3.76. The van der Waals surface area contributed by atoms with Crippen molar-refractivity contribution in [2.75, 3.05) is 33.3 Å². The predicted molar refractivity (Wildman–Crippen MR) is 126 cm³/mol. The zero-order chi connectivity index (χ0) is 22.5. The van der Waals surface area contributed by atoms with E-state index in [0.29, 0.717) is 12.0 Å². The maximum Gasteiger partial charge on any atom is 0.337 e. The van der Waals surface area contributed by atoms with E-state index in [4.69, 9.17) is 9.72 Å². The molecule has 7 heteroatoms. The van der Waals surface area contributed by atoms with Crippen molar-refractivity contribution in [2.24, 2.45) is 0 Å². The molecule has 32 heavy (non-hydrogen) atoms. The van der Waals surface area contributed by atoms with E-state index >= 15 is 0 Å². The van der Waals surface area contributed by atoms with Gasteiger partial charge in [0.1, 0.15) is 5.01 Å². The highest BCUT2D eigenvalue weighted by Crippen LogP contribution is 2.25. The molecule has 4 rings (SSSR count). The van der Waals surface area contributed by atoms with Crippen LogP contribution in [0.25, 0.3) is 10.6 Å². The lowest BCUT2D eigenvalue weighted by Crippen LogP contribution is -2.48. The Morgan fingerprint density at radius 2 is 1.69 bits per heavy atom. The normalized spacial score (nSPS) is 14.4. The average molecular weight is 450 g/mol. The maximum absolute atomic E-state index is 12.6. The zero-order valence-corrected chi connectivity index (χ0v) is 19.2. The minimum atomic E-state index is -0.340. The van der Waals surface area contributed by atoms with Gasteiger partial charge in [0.25, 0.3) is 0 Å². The van der Waals surface area contributed by atoms with Crippen molar-refractivity contribution in [1.82, 2.24) is 14.8 Å².